The molecular formula is C24H20N4O3S2. The molecule has 0 atom stereocenters. The second kappa shape index (κ2) is 7.36. The smallest absolute Gasteiger partial charge is 0.267 e. The van der Waals surface area contributed by atoms with Crippen molar-refractivity contribution in [1.82, 2.24) is 14.4 Å². The van der Waals surface area contributed by atoms with Crippen molar-refractivity contribution < 1.29 is 8.42 Å². The van der Waals surface area contributed by atoms with Crippen LogP contribution in [-0.4, -0.2) is 22.8 Å². The summed E-state index contributed by atoms with van der Waals surface area (Å²) in [7, 11) is -3.92. The van der Waals surface area contributed by atoms with Crippen LogP contribution in [0.2, 0.25) is 0 Å². The molecule has 9 heteroatoms. The van der Waals surface area contributed by atoms with Crippen LogP contribution < -0.4 is 10.3 Å². The monoisotopic (exact) mass is 476 g/mol. The first-order valence-electron chi connectivity index (χ1n) is 10.8. The van der Waals surface area contributed by atoms with Gasteiger partial charge in [-0.3, -0.25) is 13.9 Å². The van der Waals surface area contributed by atoms with Gasteiger partial charge in [0.1, 0.15) is 4.83 Å². The van der Waals surface area contributed by atoms with Crippen LogP contribution in [0.15, 0.2) is 58.2 Å². The SMILES string of the molecule is Cc1ccc(S(=O)(=O)Nc2nc3ccccc3n3c(=O)c4c5c(sc4nc23)CCCC5)cc1. The van der Waals surface area contributed by atoms with Crippen LogP contribution in [0.3, 0.4) is 0 Å². The van der Waals surface area contributed by atoms with Crippen molar-refractivity contribution >= 4 is 54.1 Å². The second-order valence-electron chi connectivity index (χ2n) is 8.33. The molecule has 7 nitrogen and oxygen atoms in total. The summed E-state index contributed by atoms with van der Waals surface area (Å²) in [6, 6.07) is 13.8. The van der Waals surface area contributed by atoms with Crippen LogP contribution in [0, 0.1) is 6.92 Å². The first-order chi connectivity index (χ1) is 15.9. The second-order valence-corrected chi connectivity index (χ2v) is 11.1. The number of sulfonamides is 1. The van der Waals surface area contributed by atoms with Crippen molar-refractivity contribution in [2.75, 3.05) is 4.72 Å². The van der Waals surface area contributed by atoms with Crippen LogP contribution in [0.4, 0.5) is 5.82 Å². The van der Waals surface area contributed by atoms with Gasteiger partial charge in [0, 0.05) is 4.88 Å². The fraction of sp³-hybridized carbons (Fsp3) is 0.208. The Hall–Kier alpha value is -3.30. The summed E-state index contributed by atoms with van der Waals surface area (Å²) < 4.78 is 30.4. The van der Waals surface area contributed by atoms with E-state index in [4.69, 9.17) is 4.98 Å². The summed E-state index contributed by atoms with van der Waals surface area (Å²) >= 11 is 1.53. The van der Waals surface area contributed by atoms with E-state index in [0.717, 1.165) is 36.8 Å². The molecule has 0 bridgehead atoms. The third kappa shape index (κ3) is 3.22. The van der Waals surface area contributed by atoms with Crippen LogP contribution in [0.5, 0.6) is 0 Å². The zero-order chi connectivity index (χ0) is 22.7. The highest BCUT2D eigenvalue weighted by molar-refractivity contribution is 7.92. The van der Waals surface area contributed by atoms with Gasteiger partial charge in [-0.05, 0) is 62.4 Å². The van der Waals surface area contributed by atoms with Crippen molar-refractivity contribution in [2.24, 2.45) is 0 Å². The van der Waals surface area contributed by atoms with Crippen molar-refractivity contribution in [3.63, 3.8) is 0 Å². The molecule has 1 aliphatic carbocycles. The number of nitrogens with zero attached hydrogens (tertiary/aromatic N) is 3. The van der Waals surface area contributed by atoms with Crippen molar-refractivity contribution in [3.05, 3.63) is 74.9 Å². The zero-order valence-electron chi connectivity index (χ0n) is 17.8. The third-order valence-corrected chi connectivity index (χ3v) is 8.66. The van der Waals surface area contributed by atoms with Gasteiger partial charge in [-0.25, -0.2) is 18.4 Å². The molecule has 6 rings (SSSR count). The standard InChI is InChI=1S/C24H20N4O3S2/c1-14-10-12-15(13-11-14)33(30,31)27-21-22-26-23-20(16-6-2-5-9-19(16)32-23)24(29)28(22)18-8-4-3-7-17(18)25-21/h3-4,7-8,10-13H,2,5-6,9H2,1H3,(H,25,27). The number of hydrogen-bond acceptors (Lipinski definition) is 6. The highest BCUT2D eigenvalue weighted by Gasteiger charge is 2.24. The molecule has 3 aromatic heterocycles. The number of benzene rings is 2. The fourth-order valence-electron chi connectivity index (χ4n) is 4.48. The minimum atomic E-state index is -3.92. The van der Waals surface area contributed by atoms with E-state index in [0.29, 0.717) is 21.3 Å². The number of fused-ring (bicyclic) bond motifs is 6. The predicted molar refractivity (Wildman–Crippen MR) is 131 cm³/mol. The van der Waals surface area contributed by atoms with E-state index in [9.17, 15) is 13.2 Å². The van der Waals surface area contributed by atoms with Crippen molar-refractivity contribution in [1.29, 1.82) is 0 Å². The van der Waals surface area contributed by atoms with Crippen molar-refractivity contribution in [3.8, 4) is 0 Å². The number of aryl methyl sites for hydroxylation is 3. The summed E-state index contributed by atoms with van der Waals surface area (Å²) in [6.45, 7) is 1.89. The van der Waals surface area contributed by atoms with Crippen LogP contribution in [-0.2, 0) is 22.9 Å². The molecule has 1 N–H and O–H groups in total. The van der Waals surface area contributed by atoms with Gasteiger partial charge >= 0.3 is 0 Å². The summed E-state index contributed by atoms with van der Waals surface area (Å²) in [6.07, 6.45) is 3.98. The number of thiophene rings is 1. The Kier molecular flexibility index (Phi) is 4.53. The predicted octanol–water partition coefficient (Wildman–Crippen LogP) is 4.45. The normalized spacial score (nSPS) is 14.1. The molecule has 33 heavy (non-hydrogen) atoms. The van der Waals surface area contributed by atoms with Crippen LogP contribution in [0.25, 0.3) is 26.9 Å². The average Bonchev–Trinajstić information content (AvgIpc) is 3.18. The van der Waals surface area contributed by atoms with E-state index in [-0.39, 0.29) is 21.9 Å². The molecule has 2 aromatic carbocycles. The van der Waals surface area contributed by atoms with Gasteiger partial charge < -0.3 is 0 Å². The van der Waals surface area contributed by atoms with Gasteiger partial charge in [0.05, 0.1) is 21.3 Å². The van der Waals surface area contributed by atoms with E-state index in [1.165, 1.54) is 20.6 Å². The minimum absolute atomic E-state index is 0.0413. The average molecular weight is 477 g/mol. The maximum Gasteiger partial charge on any atom is 0.267 e. The first-order valence-corrected chi connectivity index (χ1v) is 13.1. The Labute approximate surface area is 193 Å². The maximum absolute atomic E-state index is 13.8. The number of hydrogen-bond donors (Lipinski definition) is 1. The zero-order valence-corrected chi connectivity index (χ0v) is 19.5. The van der Waals surface area contributed by atoms with Crippen LogP contribution >= 0.6 is 11.3 Å². The Morgan fingerprint density at radius 2 is 1.76 bits per heavy atom. The molecule has 0 saturated heterocycles. The molecule has 0 spiro atoms. The minimum Gasteiger partial charge on any atom is -0.268 e. The van der Waals surface area contributed by atoms with Gasteiger partial charge in [0.25, 0.3) is 15.6 Å². The number of rotatable bonds is 3. The van der Waals surface area contributed by atoms with Gasteiger partial charge in [0.2, 0.25) is 0 Å². The van der Waals surface area contributed by atoms with Crippen LogP contribution in [0.1, 0.15) is 28.8 Å². The summed E-state index contributed by atoms with van der Waals surface area (Å²) in [4.78, 5) is 25.1. The molecule has 3 heterocycles. The lowest BCUT2D eigenvalue weighted by atomic mass is 9.97. The van der Waals surface area contributed by atoms with E-state index in [2.05, 4.69) is 9.71 Å². The Morgan fingerprint density at radius 3 is 2.58 bits per heavy atom. The summed E-state index contributed by atoms with van der Waals surface area (Å²) in [5.74, 6) is 0.0413. The van der Waals surface area contributed by atoms with Crippen molar-refractivity contribution in [2.45, 2.75) is 37.5 Å². The van der Waals surface area contributed by atoms with Gasteiger partial charge in [-0.15, -0.1) is 11.3 Å². The molecule has 0 fully saturated rings. The topological polar surface area (TPSA) is 93.4 Å². The van der Waals surface area contributed by atoms with Gasteiger partial charge in [-0.1, -0.05) is 29.8 Å². The fourth-order valence-corrected chi connectivity index (χ4v) is 6.73. The molecular weight excluding hydrogens is 456 g/mol. The lowest BCUT2D eigenvalue weighted by Crippen LogP contribution is -2.21. The maximum atomic E-state index is 13.8. The number of anilines is 1. The Balaban J connectivity index is 1.66. The number of aromatic nitrogens is 3. The number of nitrogens with one attached hydrogen (secondary N) is 1. The summed E-state index contributed by atoms with van der Waals surface area (Å²) in [5, 5.41) is 0.649. The summed E-state index contributed by atoms with van der Waals surface area (Å²) in [5.41, 5.74) is 3.19. The molecule has 1 aliphatic rings. The lowest BCUT2D eigenvalue weighted by Gasteiger charge is -2.13. The molecule has 0 unspecified atom stereocenters. The highest BCUT2D eigenvalue weighted by atomic mass is 32.2. The third-order valence-electron chi connectivity index (χ3n) is 6.12. The molecule has 0 radical (unpaired) electrons. The first kappa shape index (κ1) is 20.3. The van der Waals surface area contributed by atoms with E-state index in [1.807, 2.05) is 19.1 Å². The Morgan fingerprint density at radius 1 is 1.00 bits per heavy atom. The molecule has 5 aromatic rings. The molecule has 166 valence electrons. The van der Waals surface area contributed by atoms with E-state index >= 15 is 0 Å². The molecule has 0 aliphatic heterocycles. The van der Waals surface area contributed by atoms with E-state index < -0.39 is 10.0 Å². The molecule has 0 saturated carbocycles. The lowest BCUT2D eigenvalue weighted by molar-refractivity contribution is 0.601. The van der Waals surface area contributed by atoms with E-state index in [1.54, 1.807) is 36.4 Å². The number of para-hydroxylation sites is 2. The van der Waals surface area contributed by atoms with Gasteiger partial charge in [-0.2, -0.15) is 0 Å². The quantitative estimate of drug-likeness (QED) is 0.389. The van der Waals surface area contributed by atoms with Gasteiger partial charge in [0.15, 0.2) is 11.5 Å². The largest absolute Gasteiger partial charge is 0.268 e. The Bertz CT molecular complexity index is 1740. The molecule has 0 amide bonds. The highest BCUT2D eigenvalue weighted by Crippen LogP contribution is 2.35.